The lowest BCUT2D eigenvalue weighted by atomic mass is 9.90. The van der Waals surface area contributed by atoms with E-state index in [0.717, 1.165) is 12.3 Å². The highest BCUT2D eigenvalue weighted by molar-refractivity contribution is 4.62. The van der Waals surface area contributed by atoms with Gasteiger partial charge in [-0.15, -0.1) is 0 Å². The minimum atomic E-state index is 0.972. The van der Waals surface area contributed by atoms with Crippen LogP contribution in [0.15, 0.2) is 0 Å². The van der Waals surface area contributed by atoms with Gasteiger partial charge in [-0.2, -0.15) is 0 Å². The molecule has 0 aromatic rings. The number of hydrogen-bond acceptors (Lipinski definition) is 0. The number of hydrogen-bond donors (Lipinski definition) is 0. The van der Waals surface area contributed by atoms with Gasteiger partial charge in [0.2, 0.25) is 0 Å². The summed E-state index contributed by atoms with van der Waals surface area (Å²) in [5.74, 6) is 0.972. The van der Waals surface area contributed by atoms with Gasteiger partial charge in [0.05, 0.1) is 0 Å². The topological polar surface area (TPSA) is 0 Å². The Hall–Kier alpha value is 0. The first-order valence-corrected chi connectivity index (χ1v) is 14.6. The number of rotatable bonds is 26. The van der Waals surface area contributed by atoms with Crippen LogP contribution in [-0.4, -0.2) is 0 Å². The van der Waals surface area contributed by atoms with Crippen LogP contribution in [0.25, 0.3) is 0 Å². The van der Waals surface area contributed by atoms with Crippen molar-refractivity contribution in [2.45, 2.75) is 181 Å². The van der Waals surface area contributed by atoms with Crippen molar-refractivity contribution in [2.75, 3.05) is 0 Å². The molecule has 0 saturated carbocycles. The van der Waals surface area contributed by atoms with E-state index in [2.05, 4.69) is 20.8 Å². The van der Waals surface area contributed by atoms with Crippen LogP contribution >= 0.6 is 0 Å². The molecule has 0 saturated heterocycles. The van der Waals surface area contributed by atoms with Gasteiger partial charge < -0.3 is 0 Å². The first-order valence-electron chi connectivity index (χ1n) is 14.6. The summed E-state index contributed by atoms with van der Waals surface area (Å²) in [5, 5.41) is 0. The van der Waals surface area contributed by atoms with Gasteiger partial charge in [-0.05, 0) is 5.92 Å². The van der Waals surface area contributed by atoms with Crippen LogP contribution < -0.4 is 0 Å². The summed E-state index contributed by atoms with van der Waals surface area (Å²) in [6, 6.07) is 0. The normalized spacial score (nSPS) is 12.5. The van der Waals surface area contributed by atoms with E-state index in [0.29, 0.717) is 0 Å². The molecule has 0 aromatic heterocycles. The highest BCUT2D eigenvalue weighted by atomic mass is 14.1. The zero-order valence-corrected chi connectivity index (χ0v) is 21.7. The zero-order valence-electron chi connectivity index (χ0n) is 21.7. The lowest BCUT2D eigenvalue weighted by Crippen LogP contribution is -2.00. The molecule has 0 heteroatoms. The van der Waals surface area contributed by atoms with E-state index in [9.17, 15) is 0 Å². The molecule has 0 spiro atoms. The van der Waals surface area contributed by atoms with Crippen LogP contribution in [-0.2, 0) is 0 Å². The molecule has 0 aliphatic heterocycles. The Morgan fingerprint density at radius 3 is 0.900 bits per heavy atom. The molecule has 0 aromatic carbocycles. The van der Waals surface area contributed by atoms with Crippen LogP contribution in [0, 0.1) is 12.8 Å². The quantitative estimate of drug-likeness (QED) is 0.122. The Morgan fingerprint density at radius 1 is 0.367 bits per heavy atom. The fourth-order valence-corrected chi connectivity index (χ4v) is 4.92. The van der Waals surface area contributed by atoms with E-state index in [1.165, 1.54) is 161 Å². The average Bonchev–Trinajstić information content (AvgIpc) is 2.75. The first kappa shape index (κ1) is 30.0. The summed E-state index contributed by atoms with van der Waals surface area (Å²) in [6.45, 7) is 8.74. The van der Waals surface area contributed by atoms with Crippen LogP contribution in [0.2, 0.25) is 0 Å². The third-order valence-corrected chi connectivity index (χ3v) is 7.04. The van der Waals surface area contributed by atoms with Gasteiger partial charge in [0.1, 0.15) is 0 Å². The fraction of sp³-hybridized carbons (Fsp3) is 0.967. The molecule has 0 heterocycles. The third kappa shape index (κ3) is 24.3. The van der Waals surface area contributed by atoms with Gasteiger partial charge in [-0.3, -0.25) is 0 Å². The van der Waals surface area contributed by atoms with Crippen LogP contribution in [0.5, 0.6) is 0 Å². The van der Waals surface area contributed by atoms with E-state index in [1.54, 1.807) is 0 Å². The predicted octanol–water partition coefficient (Wildman–Crippen LogP) is 11.6. The van der Waals surface area contributed by atoms with Gasteiger partial charge in [0.15, 0.2) is 0 Å². The molecule has 0 amide bonds. The van der Waals surface area contributed by atoms with Crippen LogP contribution in [0.1, 0.15) is 181 Å². The summed E-state index contributed by atoms with van der Waals surface area (Å²) in [6.07, 6.45) is 37.6. The average molecular weight is 422 g/mol. The van der Waals surface area contributed by atoms with Gasteiger partial charge >= 0.3 is 0 Å². The maximum Gasteiger partial charge on any atom is -0.0414 e. The molecule has 30 heavy (non-hydrogen) atoms. The van der Waals surface area contributed by atoms with E-state index < -0.39 is 0 Å². The van der Waals surface area contributed by atoms with Crippen molar-refractivity contribution >= 4 is 0 Å². The smallest absolute Gasteiger partial charge is 0.0414 e. The van der Waals surface area contributed by atoms with Gasteiger partial charge in [0, 0.05) is 0 Å². The molecule has 0 nitrogen and oxygen atoms in total. The minimum Gasteiger partial charge on any atom is -0.0654 e. The van der Waals surface area contributed by atoms with Crippen molar-refractivity contribution < 1.29 is 0 Å². The van der Waals surface area contributed by atoms with E-state index in [4.69, 9.17) is 0 Å². The molecule has 181 valence electrons. The second-order valence-electron chi connectivity index (χ2n) is 10.2. The second kappa shape index (κ2) is 27.0. The summed E-state index contributed by atoms with van der Waals surface area (Å²) >= 11 is 0. The molecule has 1 radical (unpaired) electrons. The Balaban J connectivity index is 3.39. The maximum atomic E-state index is 4.13. The Labute approximate surface area is 193 Å². The first-order chi connectivity index (χ1) is 14.8. The maximum absolute atomic E-state index is 4.13. The summed E-state index contributed by atoms with van der Waals surface area (Å²) < 4.78 is 0. The van der Waals surface area contributed by atoms with Gasteiger partial charge in [-0.25, -0.2) is 0 Å². The lowest BCUT2D eigenvalue weighted by Gasteiger charge is -2.16. The van der Waals surface area contributed by atoms with Crippen molar-refractivity contribution in [3.8, 4) is 0 Å². The van der Waals surface area contributed by atoms with Crippen molar-refractivity contribution in [1.82, 2.24) is 0 Å². The number of unbranched alkanes of at least 4 members (excludes halogenated alkanes) is 20. The second-order valence-corrected chi connectivity index (χ2v) is 10.2. The minimum absolute atomic E-state index is 0.972. The fourth-order valence-electron chi connectivity index (χ4n) is 4.92. The van der Waals surface area contributed by atoms with Crippen LogP contribution in [0.4, 0.5) is 0 Å². The predicted molar refractivity (Wildman–Crippen MR) is 140 cm³/mol. The largest absolute Gasteiger partial charge is 0.0654 e. The molecule has 0 N–H and O–H groups in total. The molecule has 0 aliphatic rings. The molecule has 0 rings (SSSR count). The summed E-state index contributed by atoms with van der Waals surface area (Å²) in [7, 11) is 0. The Bertz CT molecular complexity index is 282. The molecule has 0 fully saturated rings. The SMILES string of the molecule is [CH2]CCC(CCCCCCCCCCCC)CCCCCCCCCCCCCC. The molecule has 0 aliphatic carbocycles. The Kier molecular flexibility index (Phi) is 27.0. The van der Waals surface area contributed by atoms with Crippen LogP contribution in [0.3, 0.4) is 0 Å². The summed E-state index contributed by atoms with van der Waals surface area (Å²) in [5.41, 5.74) is 0. The van der Waals surface area contributed by atoms with Gasteiger partial charge in [0.25, 0.3) is 0 Å². The Morgan fingerprint density at radius 2 is 0.633 bits per heavy atom. The monoisotopic (exact) mass is 421 g/mol. The molecule has 1 atom stereocenters. The summed E-state index contributed by atoms with van der Waals surface area (Å²) in [4.78, 5) is 0. The molecule has 1 unspecified atom stereocenters. The standard InChI is InChI=1S/C30H61/c1-4-7-9-11-13-15-17-18-20-22-24-26-29-30(27-6-3)28-25-23-21-19-16-14-12-10-8-5-2/h30H,3-29H2,1-2H3. The highest BCUT2D eigenvalue weighted by Gasteiger charge is 2.07. The van der Waals surface area contributed by atoms with Crippen molar-refractivity contribution in [3.05, 3.63) is 6.92 Å². The molecular weight excluding hydrogens is 360 g/mol. The zero-order chi connectivity index (χ0) is 22.0. The van der Waals surface area contributed by atoms with Gasteiger partial charge in [-0.1, -0.05) is 188 Å². The molecular formula is C30H61. The van der Waals surface area contributed by atoms with Crippen molar-refractivity contribution in [3.63, 3.8) is 0 Å². The molecule has 0 bridgehead atoms. The highest BCUT2D eigenvalue weighted by Crippen LogP contribution is 2.23. The van der Waals surface area contributed by atoms with Crippen molar-refractivity contribution in [2.24, 2.45) is 5.92 Å². The van der Waals surface area contributed by atoms with E-state index in [-0.39, 0.29) is 0 Å². The van der Waals surface area contributed by atoms with E-state index in [1.807, 2.05) is 0 Å². The van der Waals surface area contributed by atoms with Crippen molar-refractivity contribution in [1.29, 1.82) is 0 Å². The third-order valence-electron chi connectivity index (χ3n) is 7.04. The lowest BCUT2D eigenvalue weighted by molar-refractivity contribution is 0.381. The van der Waals surface area contributed by atoms with E-state index >= 15 is 0 Å².